The molecule has 0 spiro atoms. The quantitative estimate of drug-likeness (QED) is 0.428. The highest BCUT2D eigenvalue weighted by Crippen LogP contribution is 2.32. The van der Waals surface area contributed by atoms with Crippen LogP contribution in [0.25, 0.3) is 22.0 Å². The maximum Gasteiger partial charge on any atom is 0.253 e. The Morgan fingerprint density at radius 3 is 2.66 bits per heavy atom. The maximum absolute atomic E-state index is 13.1. The number of hydrogen-bond donors (Lipinski definition) is 1. The molecule has 0 unspecified atom stereocenters. The summed E-state index contributed by atoms with van der Waals surface area (Å²) < 4.78 is 7.54. The number of hydrogen-bond acceptors (Lipinski definition) is 4. The minimum absolute atomic E-state index is 0.0523. The Morgan fingerprint density at radius 1 is 1.22 bits per heavy atom. The van der Waals surface area contributed by atoms with Crippen molar-refractivity contribution in [3.63, 3.8) is 0 Å². The van der Waals surface area contributed by atoms with Gasteiger partial charge in [-0.15, -0.1) is 11.3 Å². The monoisotopic (exact) mass is 451 g/mol. The van der Waals surface area contributed by atoms with Gasteiger partial charge in [0.15, 0.2) is 0 Å². The van der Waals surface area contributed by atoms with Crippen LogP contribution in [0.4, 0.5) is 0 Å². The Bertz CT molecular complexity index is 1050. The van der Waals surface area contributed by atoms with E-state index >= 15 is 0 Å². The summed E-state index contributed by atoms with van der Waals surface area (Å²) in [6, 6.07) is 10.3. The fraction of sp³-hybridized carbons (Fsp3) is 0.462. The molecule has 0 saturated heterocycles. The van der Waals surface area contributed by atoms with Gasteiger partial charge in [-0.05, 0) is 56.5 Å². The molecule has 1 aliphatic carbocycles. The number of unbranched alkanes of at least 4 members (excludes halogenated alkanes) is 1. The summed E-state index contributed by atoms with van der Waals surface area (Å²) in [7, 11) is 1.67. The highest BCUT2D eigenvalue weighted by atomic mass is 32.1. The van der Waals surface area contributed by atoms with Crippen LogP contribution >= 0.6 is 11.3 Å². The molecule has 1 aromatic carbocycles. The molecule has 0 bridgehead atoms. The Balaban J connectivity index is 1.62. The van der Waals surface area contributed by atoms with Crippen LogP contribution in [0.3, 0.4) is 0 Å². The molecule has 4 rings (SSSR count). The summed E-state index contributed by atoms with van der Waals surface area (Å²) in [5.41, 5.74) is 4.83. The molecule has 3 aromatic rings. The number of benzene rings is 1. The van der Waals surface area contributed by atoms with E-state index in [9.17, 15) is 4.79 Å². The van der Waals surface area contributed by atoms with Crippen molar-refractivity contribution in [1.29, 1.82) is 0 Å². The van der Waals surface area contributed by atoms with Gasteiger partial charge in [-0.25, -0.2) is 4.98 Å². The molecule has 170 valence electrons. The molecule has 1 saturated carbocycles. The minimum atomic E-state index is 0.0523. The Morgan fingerprint density at radius 2 is 1.97 bits per heavy atom. The van der Waals surface area contributed by atoms with Gasteiger partial charge in [0.25, 0.3) is 5.91 Å². The average Bonchev–Trinajstić information content (AvgIpc) is 3.43. The van der Waals surface area contributed by atoms with E-state index in [0.717, 1.165) is 71.2 Å². The van der Waals surface area contributed by atoms with E-state index in [1.807, 2.05) is 30.3 Å². The number of thiazole rings is 1. The first-order chi connectivity index (χ1) is 15.6. The van der Waals surface area contributed by atoms with Crippen LogP contribution in [0.2, 0.25) is 0 Å². The van der Waals surface area contributed by atoms with Crippen molar-refractivity contribution < 1.29 is 9.53 Å². The lowest BCUT2D eigenvalue weighted by Crippen LogP contribution is -2.36. The molecule has 0 aliphatic heterocycles. The van der Waals surface area contributed by atoms with Crippen LogP contribution in [-0.4, -0.2) is 28.6 Å². The van der Waals surface area contributed by atoms with Gasteiger partial charge in [0.05, 0.1) is 24.1 Å². The predicted octanol–water partition coefficient (Wildman–Crippen LogP) is 6.46. The zero-order valence-corrected chi connectivity index (χ0v) is 20.1. The van der Waals surface area contributed by atoms with Crippen molar-refractivity contribution in [3.05, 3.63) is 47.0 Å². The molecular weight excluding hydrogens is 418 g/mol. The van der Waals surface area contributed by atoms with Crippen LogP contribution in [0.15, 0.2) is 35.7 Å². The standard InChI is InChI=1S/C26H33N3O2S/c1-4-5-15-29-18(2)22(25(30)27-20-9-7-6-8-10-20)16-24(29)23-17-32-26(28-23)19-11-13-21(31-3)14-12-19/h11-14,16-17,20H,4-10,15H2,1-3H3,(H,27,30). The third-order valence-corrected chi connectivity index (χ3v) is 7.28. The van der Waals surface area contributed by atoms with Crippen LogP contribution < -0.4 is 10.1 Å². The summed E-state index contributed by atoms with van der Waals surface area (Å²) in [4.78, 5) is 18.1. The van der Waals surface area contributed by atoms with Crippen LogP contribution in [0.1, 0.15) is 67.9 Å². The largest absolute Gasteiger partial charge is 0.497 e. The number of methoxy groups -OCH3 is 1. The second-order valence-corrected chi connectivity index (χ2v) is 9.47. The first-order valence-electron chi connectivity index (χ1n) is 11.7. The van der Waals surface area contributed by atoms with Crippen molar-refractivity contribution in [2.45, 2.75) is 71.4 Å². The average molecular weight is 452 g/mol. The first kappa shape index (κ1) is 22.6. The van der Waals surface area contributed by atoms with Crippen molar-refractivity contribution in [2.24, 2.45) is 0 Å². The van der Waals surface area contributed by atoms with Crippen molar-refractivity contribution in [2.75, 3.05) is 7.11 Å². The molecular formula is C26H33N3O2S. The molecule has 1 aliphatic rings. The molecule has 0 radical (unpaired) electrons. The summed E-state index contributed by atoms with van der Waals surface area (Å²) in [5.74, 6) is 0.889. The third-order valence-electron chi connectivity index (χ3n) is 6.39. The molecule has 5 nitrogen and oxygen atoms in total. The lowest BCUT2D eigenvalue weighted by Gasteiger charge is -2.22. The van der Waals surface area contributed by atoms with E-state index in [2.05, 4.69) is 29.1 Å². The fourth-order valence-corrected chi connectivity index (χ4v) is 5.28. The smallest absolute Gasteiger partial charge is 0.253 e. The van der Waals surface area contributed by atoms with Gasteiger partial charge < -0.3 is 14.6 Å². The van der Waals surface area contributed by atoms with Gasteiger partial charge in [0.1, 0.15) is 10.8 Å². The lowest BCUT2D eigenvalue weighted by atomic mass is 9.95. The number of nitrogens with one attached hydrogen (secondary N) is 1. The van der Waals surface area contributed by atoms with Gasteiger partial charge in [0, 0.05) is 29.2 Å². The zero-order chi connectivity index (χ0) is 22.5. The highest BCUT2D eigenvalue weighted by molar-refractivity contribution is 7.13. The number of carbonyl (C=O) groups excluding carboxylic acids is 1. The van der Waals surface area contributed by atoms with Crippen LogP contribution in [-0.2, 0) is 6.54 Å². The van der Waals surface area contributed by atoms with Gasteiger partial charge in [-0.3, -0.25) is 4.79 Å². The van der Waals surface area contributed by atoms with E-state index in [1.165, 1.54) is 19.3 Å². The number of carbonyl (C=O) groups is 1. The summed E-state index contributed by atoms with van der Waals surface area (Å²) in [5, 5.41) is 6.35. The Kier molecular flexibility index (Phi) is 7.30. The molecule has 1 N–H and O–H groups in total. The second kappa shape index (κ2) is 10.3. The third kappa shape index (κ3) is 4.90. The number of ether oxygens (including phenoxy) is 1. The topological polar surface area (TPSA) is 56.2 Å². The SMILES string of the molecule is CCCCn1c(-c2csc(-c3ccc(OC)cc3)n2)cc(C(=O)NC2CCCCC2)c1C. The Labute approximate surface area is 194 Å². The molecule has 2 heterocycles. The highest BCUT2D eigenvalue weighted by Gasteiger charge is 2.23. The lowest BCUT2D eigenvalue weighted by molar-refractivity contribution is 0.0927. The molecule has 1 amide bonds. The molecule has 0 atom stereocenters. The number of amides is 1. The number of aromatic nitrogens is 2. The summed E-state index contributed by atoms with van der Waals surface area (Å²) >= 11 is 1.63. The summed E-state index contributed by atoms with van der Waals surface area (Å²) in [6.45, 7) is 5.15. The number of nitrogens with zero attached hydrogens (tertiary/aromatic N) is 2. The van der Waals surface area contributed by atoms with Crippen molar-refractivity contribution >= 4 is 17.2 Å². The van der Waals surface area contributed by atoms with E-state index in [4.69, 9.17) is 9.72 Å². The molecule has 2 aromatic heterocycles. The number of rotatable bonds is 8. The van der Waals surface area contributed by atoms with Crippen LogP contribution in [0.5, 0.6) is 5.75 Å². The van der Waals surface area contributed by atoms with Crippen molar-refractivity contribution in [1.82, 2.24) is 14.9 Å². The zero-order valence-electron chi connectivity index (χ0n) is 19.3. The van der Waals surface area contributed by atoms with Gasteiger partial charge in [0.2, 0.25) is 0 Å². The Hall–Kier alpha value is -2.60. The molecule has 6 heteroatoms. The maximum atomic E-state index is 13.1. The minimum Gasteiger partial charge on any atom is -0.497 e. The van der Waals surface area contributed by atoms with E-state index in [-0.39, 0.29) is 5.91 Å². The van der Waals surface area contributed by atoms with Gasteiger partial charge in [-0.2, -0.15) is 0 Å². The molecule has 32 heavy (non-hydrogen) atoms. The van der Waals surface area contributed by atoms with Gasteiger partial charge in [-0.1, -0.05) is 32.6 Å². The second-order valence-electron chi connectivity index (χ2n) is 8.61. The van der Waals surface area contributed by atoms with E-state index < -0.39 is 0 Å². The predicted molar refractivity (Wildman–Crippen MR) is 132 cm³/mol. The molecule has 1 fully saturated rings. The normalized spacial score (nSPS) is 14.5. The summed E-state index contributed by atoms with van der Waals surface area (Å²) in [6.07, 6.45) is 8.05. The van der Waals surface area contributed by atoms with E-state index in [1.54, 1.807) is 18.4 Å². The van der Waals surface area contributed by atoms with Gasteiger partial charge >= 0.3 is 0 Å². The van der Waals surface area contributed by atoms with E-state index in [0.29, 0.717) is 6.04 Å². The van der Waals surface area contributed by atoms with Crippen molar-refractivity contribution in [3.8, 4) is 27.7 Å². The van der Waals surface area contributed by atoms with Crippen LogP contribution in [0, 0.1) is 6.92 Å². The first-order valence-corrected chi connectivity index (χ1v) is 12.6. The fourth-order valence-electron chi connectivity index (χ4n) is 4.46.